The van der Waals surface area contributed by atoms with Gasteiger partial charge in [0.2, 0.25) is 0 Å². The summed E-state index contributed by atoms with van der Waals surface area (Å²) in [6.45, 7) is 10.6. The van der Waals surface area contributed by atoms with E-state index < -0.39 is 0 Å². The summed E-state index contributed by atoms with van der Waals surface area (Å²) >= 11 is 0. The summed E-state index contributed by atoms with van der Waals surface area (Å²) in [7, 11) is 0. The maximum atomic E-state index is 8.80. The van der Waals surface area contributed by atoms with E-state index in [-0.39, 0.29) is 0 Å². The Balaban J connectivity index is 2.08. The van der Waals surface area contributed by atoms with Crippen molar-refractivity contribution in [3.8, 4) is 6.07 Å². The van der Waals surface area contributed by atoms with E-state index in [0.29, 0.717) is 11.3 Å². The number of hydrogen-bond acceptors (Lipinski definition) is 1. The van der Waals surface area contributed by atoms with Crippen molar-refractivity contribution in [1.29, 1.82) is 5.26 Å². The molecule has 0 N–H and O–H groups in total. The van der Waals surface area contributed by atoms with Gasteiger partial charge < -0.3 is 0 Å². The van der Waals surface area contributed by atoms with Crippen molar-refractivity contribution in [1.82, 2.24) is 0 Å². The molecule has 0 atom stereocenters. The van der Waals surface area contributed by atoms with Crippen molar-refractivity contribution < 1.29 is 0 Å². The lowest BCUT2D eigenvalue weighted by Gasteiger charge is -1.98. The molecule has 2 heteroatoms. The SMILES string of the molecule is [C-]#[N+]/C(C)=C\c1ccc(/C=C/c2ccc(/C=C(/C)C#N)cc2)cc1. The number of allylic oxidation sites excluding steroid dienone is 2. The van der Waals surface area contributed by atoms with Gasteiger partial charge in [-0.1, -0.05) is 66.8 Å². The van der Waals surface area contributed by atoms with Crippen molar-refractivity contribution in [2.75, 3.05) is 0 Å². The maximum Gasteiger partial charge on any atom is 0.163 e. The van der Waals surface area contributed by atoms with Crippen molar-refractivity contribution >= 4 is 24.3 Å². The van der Waals surface area contributed by atoms with Crippen LogP contribution in [0.1, 0.15) is 36.1 Å². The Morgan fingerprint density at radius 3 is 1.67 bits per heavy atom. The highest BCUT2D eigenvalue weighted by Gasteiger charge is 1.93. The molecule has 2 nitrogen and oxygen atoms in total. The number of benzene rings is 2. The number of nitriles is 1. The molecule has 0 bridgehead atoms. The molecule has 0 amide bonds. The topological polar surface area (TPSA) is 28.1 Å². The molecule has 0 spiro atoms. The van der Waals surface area contributed by atoms with Gasteiger partial charge in [-0.05, 0) is 42.2 Å². The Hall–Kier alpha value is -3.36. The van der Waals surface area contributed by atoms with Gasteiger partial charge in [-0.15, -0.1) is 0 Å². The molecule has 0 aliphatic carbocycles. The quantitative estimate of drug-likeness (QED) is 0.383. The van der Waals surface area contributed by atoms with Gasteiger partial charge >= 0.3 is 0 Å². The van der Waals surface area contributed by atoms with Crippen LogP contribution in [0.4, 0.5) is 0 Å². The standard InChI is InChI=1S/C22H18N2/c1-17(16-23)14-21-10-6-19(7-11-21)4-5-20-8-12-22(13-9-20)15-18(2)24-3/h4-15H,1-2H3/b5-4+,17-14-,18-15-. The van der Waals surface area contributed by atoms with Crippen LogP contribution < -0.4 is 0 Å². The predicted octanol–water partition coefficient (Wildman–Crippen LogP) is 6.06. The highest BCUT2D eigenvalue weighted by Crippen LogP contribution is 2.14. The van der Waals surface area contributed by atoms with Gasteiger partial charge in [0.25, 0.3) is 0 Å². The molecule has 2 aromatic carbocycles. The maximum absolute atomic E-state index is 8.80. The van der Waals surface area contributed by atoms with Crippen LogP contribution in [-0.2, 0) is 0 Å². The fraction of sp³-hybridized carbons (Fsp3) is 0.0909. The summed E-state index contributed by atoms with van der Waals surface area (Å²) in [6.07, 6.45) is 7.85. The van der Waals surface area contributed by atoms with Gasteiger partial charge in [-0.25, -0.2) is 4.85 Å². The van der Waals surface area contributed by atoms with Gasteiger partial charge in [0, 0.05) is 5.57 Å². The summed E-state index contributed by atoms with van der Waals surface area (Å²) in [4.78, 5) is 3.39. The number of hydrogen-bond donors (Lipinski definition) is 0. The van der Waals surface area contributed by atoms with E-state index in [1.165, 1.54) is 0 Å². The van der Waals surface area contributed by atoms with Crippen LogP contribution in [0, 0.1) is 17.9 Å². The van der Waals surface area contributed by atoms with Crippen LogP contribution in [0.3, 0.4) is 0 Å². The van der Waals surface area contributed by atoms with E-state index in [4.69, 9.17) is 11.8 Å². The van der Waals surface area contributed by atoms with Crippen LogP contribution >= 0.6 is 0 Å². The molecule has 2 aromatic rings. The first-order valence-corrected chi connectivity index (χ1v) is 7.63. The Kier molecular flexibility index (Phi) is 5.89. The van der Waals surface area contributed by atoms with Gasteiger partial charge in [0.15, 0.2) is 5.70 Å². The van der Waals surface area contributed by atoms with Crippen molar-refractivity contribution in [2.45, 2.75) is 13.8 Å². The fourth-order valence-corrected chi connectivity index (χ4v) is 2.15. The van der Waals surface area contributed by atoms with Crippen molar-refractivity contribution in [3.63, 3.8) is 0 Å². The predicted molar refractivity (Wildman–Crippen MR) is 101 cm³/mol. The average molecular weight is 310 g/mol. The summed E-state index contributed by atoms with van der Waals surface area (Å²) in [5, 5.41) is 8.80. The number of nitrogens with zero attached hydrogens (tertiary/aromatic N) is 2. The molecule has 0 saturated heterocycles. The van der Waals surface area contributed by atoms with Gasteiger partial charge in [0.05, 0.1) is 12.6 Å². The summed E-state index contributed by atoms with van der Waals surface area (Å²) in [5.41, 5.74) is 5.65. The van der Waals surface area contributed by atoms with Crippen LogP contribution in [0.5, 0.6) is 0 Å². The molecule has 24 heavy (non-hydrogen) atoms. The van der Waals surface area contributed by atoms with Gasteiger partial charge in [0.1, 0.15) is 0 Å². The smallest absolute Gasteiger partial charge is 0.163 e. The first-order valence-electron chi connectivity index (χ1n) is 7.63. The van der Waals surface area contributed by atoms with E-state index in [0.717, 1.165) is 22.3 Å². The van der Waals surface area contributed by atoms with Crippen LogP contribution in [-0.4, -0.2) is 0 Å². The molecule has 0 radical (unpaired) electrons. The summed E-state index contributed by atoms with van der Waals surface area (Å²) in [6, 6.07) is 18.3. The number of rotatable bonds is 4. The molecule has 0 aliphatic rings. The molecule has 0 aromatic heterocycles. The third-order valence-electron chi connectivity index (χ3n) is 3.45. The lowest BCUT2D eigenvalue weighted by atomic mass is 10.1. The molecular formula is C22H18N2. The minimum absolute atomic E-state index is 0.680. The van der Waals surface area contributed by atoms with E-state index in [9.17, 15) is 0 Å². The van der Waals surface area contributed by atoms with Crippen molar-refractivity contribution in [3.05, 3.63) is 93.5 Å². The average Bonchev–Trinajstić information content (AvgIpc) is 2.62. The third kappa shape index (κ3) is 5.13. The fourth-order valence-electron chi connectivity index (χ4n) is 2.15. The molecule has 0 aliphatic heterocycles. The molecule has 2 rings (SSSR count). The monoisotopic (exact) mass is 310 g/mol. The summed E-state index contributed by atoms with van der Waals surface area (Å²) < 4.78 is 0. The zero-order valence-corrected chi connectivity index (χ0v) is 13.8. The molecule has 0 saturated carbocycles. The minimum Gasteiger partial charge on any atom is -0.243 e. The highest BCUT2D eigenvalue weighted by atomic mass is 14.6. The second-order valence-corrected chi connectivity index (χ2v) is 5.50. The Morgan fingerprint density at radius 2 is 1.25 bits per heavy atom. The Bertz CT molecular complexity index is 790. The van der Waals surface area contributed by atoms with E-state index in [1.807, 2.05) is 60.7 Å². The second-order valence-electron chi connectivity index (χ2n) is 5.50. The summed E-state index contributed by atoms with van der Waals surface area (Å²) in [5.74, 6) is 0. The van der Waals surface area contributed by atoms with Crippen LogP contribution in [0.15, 0.2) is 59.8 Å². The Labute approximate surface area is 143 Å². The molecule has 0 fully saturated rings. The van der Waals surface area contributed by atoms with Crippen LogP contribution in [0.25, 0.3) is 29.1 Å². The Morgan fingerprint density at radius 1 is 0.833 bits per heavy atom. The zero-order valence-electron chi connectivity index (χ0n) is 13.8. The second kappa shape index (κ2) is 8.32. The largest absolute Gasteiger partial charge is 0.243 e. The first-order chi connectivity index (χ1) is 11.6. The lowest BCUT2D eigenvalue weighted by Crippen LogP contribution is -1.78. The zero-order chi connectivity index (χ0) is 17.4. The van der Waals surface area contributed by atoms with Gasteiger partial charge in [-0.3, -0.25) is 0 Å². The first kappa shape index (κ1) is 17.0. The lowest BCUT2D eigenvalue weighted by molar-refractivity contribution is 1.46. The van der Waals surface area contributed by atoms with E-state index in [1.54, 1.807) is 13.8 Å². The minimum atomic E-state index is 0.680. The third-order valence-corrected chi connectivity index (χ3v) is 3.45. The van der Waals surface area contributed by atoms with E-state index in [2.05, 4.69) is 23.1 Å². The normalized spacial score (nSPS) is 12.0. The van der Waals surface area contributed by atoms with Gasteiger partial charge in [-0.2, -0.15) is 5.26 Å². The highest BCUT2D eigenvalue weighted by molar-refractivity contribution is 5.71. The molecule has 0 unspecified atom stereocenters. The van der Waals surface area contributed by atoms with Crippen LogP contribution in [0.2, 0.25) is 0 Å². The molecule has 0 heterocycles. The molecule has 116 valence electrons. The molecular weight excluding hydrogens is 292 g/mol. The van der Waals surface area contributed by atoms with Crippen molar-refractivity contribution in [2.24, 2.45) is 0 Å². The van der Waals surface area contributed by atoms with E-state index >= 15 is 0 Å².